The first-order valence-electron chi connectivity index (χ1n) is 9.92. The minimum Gasteiger partial charge on any atom is -0.490 e. The zero-order valence-electron chi connectivity index (χ0n) is 17.0. The Labute approximate surface area is 167 Å². The van der Waals surface area contributed by atoms with Crippen molar-refractivity contribution >= 4 is 11.5 Å². The van der Waals surface area contributed by atoms with E-state index >= 15 is 0 Å². The highest BCUT2D eigenvalue weighted by Crippen LogP contribution is 2.23. The summed E-state index contributed by atoms with van der Waals surface area (Å²) in [5.74, 6) is 2.56. The second kappa shape index (κ2) is 9.93. The number of piperidine rings is 1. The van der Waals surface area contributed by atoms with Crippen LogP contribution in [0.5, 0.6) is 11.6 Å². The summed E-state index contributed by atoms with van der Waals surface area (Å²) in [6.45, 7) is 6.07. The summed E-state index contributed by atoms with van der Waals surface area (Å²) in [7, 11) is 1.61. The summed E-state index contributed by atoms with van der Waals surface area (Å²) in [5.41, 5.74) is 2.01. The molecule has 0 saturated carbocycles. The molecular weight excluding hydrogens is 350 g/mol. The first-order valence-corrected chi connectivity index (χ1v) is 9.92. The van der Waals surface area contributed by atoms with Gasteiger partial charge < -0.3 is 14.4 Å². The van der Waals surface area contributed by atoms with Crippen LogP contribution in [0.1, 0.15) is 31.7 Å². The molecule has 1 saturated heterocycles. The van der Waals surface area contributed by atoms with Gasteiger partial charge in [0.25, 0.3) is 0 Å². The predicted molar refractivity (Wildman–Crippen MR) is 114 cm³/mol. The smallest absolute Gasteiger partial charge is 0.213 e. The second-order valence-electron chi connectivity index (χ2n) is 6.91. The lowest BCUT2D eigenvalue weighted by atomic mass is 10.1. The maximum atomic E-state index is 6.23. The number of likely N-dealkylation sites (tertiary alicyclic amines) is 1. The highest BCUT2D eigenvalue weighted by atomic mass is 16.5. The maximum absolute atomic E-state index is 6.23. The van der Waals surface area contributed by atoms with Crippen LogP contribution in [0.3, 0.4) is 0 Å². The Bertz CT molecular complexity index is 807. The van der Waals surface area contributed by atoms with Crippen molar-refractivity contribution in [2.75, 3.05) is 20.2 Å². The van der Waals surface area contributed by atoms with Gasteiger partial charge in [-0.1, -0.05) is 31.2 Å². The minimum absolute atomic E-state index is 0.247. The van der Waals surface area contributed by atoms with Gasteiger partial charge in [-0.05, 0) is 37.1 Å². The van der Waals surface area contributed by atoms with Crippen LogP contribution in [0.4, 0.5) is 5.69 Å². The summed E-state index contributed by atoms with van der Waals surface area (Å²) < 4.78 is 11.4. The number of aliphatic imine (C=N–C) groups is 1. The molecule has 2 heterocycles. The largest absolute Gasteiger partial charge is 0.490 e. The number of allylic oxidation sites excluding steroid dienone is 1. The molecule has 0 amide bonds. The molecule has 1 aliphatic heterocycles. The van der Waals surface area contributed by atoms with Crippen LogP contribution in [-0.2, 0) is 0 Å². The van der Waals surface area contributed by atoms with Gasteiger partial charge >= 0.3 is 0 Å². The van der Waals surface area contributed by atoms with E-state index in [-0.39, 0.29) is 6.10 Å². The van der Waals surface area contributed by atoms with E-state index < -0.39 is 0 Å². The topological polar surface area (TPSA) is 47.0 Å². The SMILES string of the molecule is CC/C=C/C(=Nc1ccc(OC)nc1)N1CCC(Oc2ccccc2C)CC1. The quantitative estimate of drug-likeness (QED) is 0.527. The Morgan fingerprint density at radius 1 is 1.21 bits per heavy atom. The third-order valence-corrected chi connectivity index (χ3v) is 4.83. The summed E-state index contributed by atoms with van der Waals surface area (Å²) in [5, 5.41) is 0. The van der Waals surface area contributed by atoms with Gasteiger partial charge in [-0.15, -0.1) is 0 Å². The number of rotatable bonds is 6. The molecule has 0 aliphatic carbocycles. The number of aromatic nitrogens is 1. The highest BCUT2D eigenvalue weighted by molar-refractivity contribution is 5.94. The normalized spacial score (nSPS) is 15.8. The van der Waals surface area contributed by atoms with Crippen LogP contribution in [0.15, 0.2) is 59.7 Å². The number of benzene rings is 1. The molecule has 0 unspecified atom stereocenters. The molecule has 1 fully saturated rings. The molecule has 1 aliphatic rings. The number of methoxy groups -OCH3 is 1. The summed E-state index contributed by atoms with van der Waals surface area (Å²) in [6.07, 6.45) is 9.18. The summed E-state index contributed by atoms with van der Waals surface area (Å²) >= 11 is 0. The molecule has 0 N–H and O–H groups in total. The first-order chi connectivity index (χ1) is 13.7. The Morgan fingerprint density at radius 3 is 2.64 bits per heavy atom. The maximum Gasteiger partial charge on any atom is 0.213 e. The molecule has 148 valence electrons. The van der Waals surface area contributed by atoms with Gasteiger partial charge in [-0.3, -0.25) is 0 Å². The van der Waals surface area contributed by atoms with Crippen molar-refractivity contribution in [2.45, 2.75) is 39.2 Å². The minimum atomic E-state index is 0.247. The lowest BCUT2D eigenvalue weighted by Crippen LogP contribution is -2.41. The number of para-hydroxylation sites is 1. The van der Waals surface area contributed by atoms with Crippen LogP contribution >= 0.6 is 0 Å². The van der Waals surface area contributed by atoms with Crippen molar-refractivity contribution in [1.29, 1.82) is 0 Å². The third kappa shape index (κ3) is 5.35. The summed E-state index contributed by atoms with van der Waals surface area (Å²) in [4.78, 5) is 11.4. The van der Waals surface area contributed by atoms with Crippen molar-refractivity contribution < 1.29 is 9.47 Å². The average molecular weight is 380 g/mol. The zero-order chi connectivity index (χ0) is 19.8. The Kier molecular flexibility index (Phi) is 7.06. The molecule has 1 aromatic carbocycles. The Hall–Kier alpha value is -2.82. The van der Waals surface area contributed by atoms with Gasteiger partial charge in [0.15, 0.2) is 0 Å². The van der Waals surface area contributed by atoms with E-state index in [1.165, 1.54) is 5.56 Å². The zero-order valence-corrected chi connectivity index (χ0v) is 17.0. The Balaban J connectivity index is 1.66. The summed E-state index contributed by atoms with van der Waals surface area (Å²) in [6, 6.07) is 12.0. The number of amidine groups is 1. The molecule has 0 atom stereocenters. The fourth-order valence-corrected chi connectivity index (χ4v) is 3.20. The molecule has 0 bridgehead atoms. The number of hydrogen-bond acceptors (Lipinski definition) is 4. The fraction of sp³-hybridized carbons (Fsp3) is 0.391. The molecule has 28 heavy (non-hydrogen) atoms. The molecule has 2 aromatic rings. The van der Waals surface area contributed by atoms with Crippen molar-refractivity contribution in [3.63, 3.8) is 0 Å². The number of ether oxygens (including phenoxy) is 2. The van der Waals surface area contributed by atoms with E-state index in [1.54, 1.807) is 13.3 Å². The molecule has 5 heteroatoms. The number of nitrogens with zero attached hydrogens (tertiary/aromatic N) is 3. The van der Waals surface area contributed by atoms with Crippen molar-refractivity contribution in [2.24, 2.45) is 4.99 Å². The highest BCUT2D eigenvalue weighted by Gasteiger charge is 2.22. The van der Waals surface area contributed by atoms with Gasteiger partial charge in [0.1, 0.15) is 17.7 Å². The molecule has 1 aromatic heterocycles. The van der Waals surface area contributed by atoms with E-state index in [4.69, 9.17) is 14.5 Å². The number of aryl methyl sites for hydroxylation is 1. The van der Waals surface area contributed by atoms with E-state index in [0.717, 1.165) is 49.6 Å². The number of pyridine rings is 1. The standard InChI is InChI=1S/C23H29N3O2/c1-4-5-10-22(25-19-11-12-23(27-3)24-17-19)26-15-13-20(14-16-26)28-21-9-7-6-8-18(21)2/h5-12,17,20H,4,13-16H2,1-3H3/b10-5+,25-22?. The van der Waals surface area contributed by atoms with Gasteiger partial charge in [0, 0.05) is 32.0 Å². The molecular formula is C23H29N3O2. The van der Waals surface area contributed by atoms with E-state index in [0.29, 0.717) is 5.88 Å². The van der Waals surface area contributed by atoms with Gasteiger partial charge in [-0.25, -0.2) is 9.98 Å². The second-order valence-corrected chi connectivity index (χ2v) is 6.91. The van der Waals surface area contributed by atoms with Crippen LogP contribution in [-0.4, -0.2) is 42.0 Å². The molecule has 0 spiro atoms. The van der Waals surface area contributed by atoms with Crippen molar-refractivity contribution in [3.8, 4) is 11.6 Å². The Morgan fingerprint density at radius 2 is 2.00 bits per heavy atom. The number of hydrogen-bond donors (Lipinski definition) is 0. The van der Waals surface area contributed by atoms with Gasteiger partial charge in [0.05, 0.1) is 19.0 Å². The van der Waals surface area contributed by atoms with E-state index in [1.807, 2.05) is 24.3 Å². The van der Waals surface area contributed by atoms with Crippen LogP contribution in [0.25, 0.3) is 0 Å². The predicted octanol–water partition coefficient (Wildman–Crippen LogP) is 4.94. The van der Waals surface area contributed by atoms with Crippen LogP contribution in [0, 0.1) is 6.92 Å². The molecule has 3 rings (SSSR count). The van der Waals surface area contributed by atoms with Gasteiger partial charge in [-0.2, -0.15) is 0 Å². The third-order valence-electron chi connectivity index (χ3n) is 4.83. The van der Waals surface area contributed by atoms with E-state index in [9.17, 15) is 0 Å². The van der Waals surface area contributed by atoms with Crippen LogP contribution < -0.4 is 9.47 Å². The monoisotopic (exact) mass is 379 g/mol. The lowest BCUT2D eigenvalue weighted by Gasteiger charge is -2.33. The van der Waals surface area contributed by atoms with Crippen LogP contribution in [0.2, 0.25) is 0 Å². The van der Waals surface area contributed by atoms with Crippen molar-refractivity contribution in [1.82, 2.24) is 9.88 Å². The molecule has 0 radical (unpaired) electrons. The molecule has 5 nitrogen and oxygen atoms in total. The average Bonchev–Trinajstić information content (AvgIpc) is 2.74. The lowest BCUT2D eigenvalue weighted by molar-refractivity contribution is 0.130. The fourth-order valence-electron chi connectivity index (χ4n) is 3.20. The van der Waals surface area contributed by atoms with Crippen molar-refractivity contribution in [3.05, 3.63) is 60.3 Å². The van der Waals surface area contributed by atoms with E-state index in [2.05, 4.69) is 48.0 Å². The van der Waals surface area contributed by atoms with Gasteiger partial charge in [0.2, 0.25) is 5.88 Å². The first kappa shape index (κ1) is 19.9.